The zero-order chi connectivity index (χ0) is 21.6. The van der Waals surface area contributed by atoms with E-state index in [0.29, 0.717) is 31.3 Å². The van der Waals surface area contributed by atoms with Crippen molar-refractivity contribution in [2.75, 3.05) is 26.2 Å². The van der Waals surface area contributed by atoms with Crippen molar-refractivity contribution in [3.63, 3.8) is 0 Å². The van der Waals surface area contributed by atoms with E-state index in [0.717, 1.165) is 56.5 Å². The Kier molecular flexibility index (Phi) is 6.84. The Morgan fingerprint density at radius 3 is 2.58 bits per heavy atom. The first kappa shape index (κ1) is 21.3. The van der Waals surface area contributed by atoms with E-state index < -0.39 is 0 Å². The van der Waals surface area contributed by atoms with Crippen LogP contribution in [0, 0.1) is 0 Å². The lowest BCUT2D eigenvalue weighted by Gasteiger charge is -2.36. The van der Waals surface area contributed by atoms with Gasteiger partial charge >= 0.3 is 0 Å². The zero-order valence-corrected chi connectivity index (χ0v) is 18.1. The molecular formula is C23H30N4O4. The minimum Gasteiger partial charge on any atom is -0.494 e. The average molecular weight is 427 g/mol. The third-order valence-electron chi connectivity index (χ3n) is 5.97. The molecule has 0 saturated carbocycles. The van der Waals surface area contributed by atoms with Gasteiger partial charge < -0.3 is 19.1 Å². The number of carbonyl (C=O) groups excluding carboxylic acids is 2. The number of hydrogen-bond donors (Lipinski definition) is 0. The fourth-order valence-corrected chi connectivity index (χ4v) is 4.33. The molecule has 0 spiro atoms. The predicted molar refractivity (Wildman–Crippen MR) is 114 cm³/mol. The number of benzene rings is 1. The number of piperidine rings is 1. The van der Waals surface area contributed by atoms with Crippen molar-refractivity contribution in [2.24, 2.45) is 0 Å². The van der Waals surface area contributed by atoms with E-state index in [2.05, 4.69) is 10.1 Å². The number of ether oxygens (including phenoxy) is 1. The molecule has 2 aliphatic heterocycles. The minimum atomic E-state index is -0.318. The number of carbonyl (C=O) groups is 2. The number of hydrogen-bond acceptors (Lipinski definition) is 6. The molecule has 4 rings (SSSR count). The van der Waals surface area contributed by atoms with Crippen molar-refractivity contribution >= 4 is 11.8 Å². The van der Waals surface area contributed by atoms with E-state index in [4.69, 9.17) is 9.26 Å². The summed E-state index contributed by atoms with van der Waals surface area (Å²) in [6.45, 7) is 4.82. The molecule has 8 nitrogen and oxygen atoms in total. The quantitative estimate of drug-likeness (QED) is 0.676. The highest BCUT2D eigenvalue weighted by molar-refractivity contribution is 5.88. The van der Waals surface area contributed by atoms with Crippen molar-refractivity contribution < 1.29 is 18.8 Å². The van der Waals surface area contributed by atoms with E-state index in [1.807, 2.05) is 36.1 Å². The highest BCUT2D eigenvalue weighted by Gasteiger charge is 2.35. The number of aromatic nitrogens is 2. The number of nitrogens with zero attached hydrogens (tertiary/aromatic N) is 4. The molecule has 2 fully saturated rings. The van der Waals surface area contributed by atoms with Crippen LogP contribution in [0.25, 0.3) is 11.4 Å². The molecule has 31 heavy (non-hydrogen) atoms. The molecule has 2 amide bonds. The fourth-order valence-electron chi connectivity index (χ4n) is 4.33. The van der Waals surface area contributed by atoms with Crippen LogP contribution in [0.15, 0.2) is 28.8 Å². The Morgan fingerprint density at radius 2 is 1.84 bits per heavy atom. The molecule has 3 heterocycles. The van der Waals surface area contributed by atoms with Gasteiger partial charge in [0.1, 0.15) is 11.8 Å². The van der Waals surface area contributed by atoms with Gasteiger partial charge in [-0.15, -0.1) is 0 Å². The Labute approximate surface area is 182 Å². The highest BCUT2D eigenvalue weighted by Crippen LogP contribution is 2.23. The van der Waals surface area contributed by atoms with E-state index in [1.54, 1.807) is 4.90 Å². The van der Waals surface area contributed by atoms with Gasteiger partial charge in [0.25, 0.3) is 0 Å². The third-order valence-corrected chi connectivity index (χ3v) is 5.97. The summed E-state index contributed by atoms with van der Waals surface area (Å²) in [4.78, 5) is 33.9. The van der Waals surface area contributed by atoms with Crippen LogP contribution in [0.5, 0.6) is 5.75 Å². The van der Waals surface area contributed by atoms with Gasteiger partial charge in [-0.25, -0.2) is 0 Å². The monoisotopic (exact) mass is 426 g/mol. The number of rotatable bonds is 7. The molecule has 2 saturated heterocycles. The molecule has 1 aromatic heterocycles. The molecule has 1 unspecified atom stereocenters. The summed E-state index contributed by atoms with van der Waals surface area (Å²) in [5, 5.41) is 4.04. The summed E-state index contributed by atoms with van der Waals surface area (Å²) < 4.78 is 10.8. The second-order valence-electron chi connectivity index (χ2n) is 8.10. The van der Waals surface area contributed by atoms with Crippen molar-refractivity contribution in [3.05, 3.63) is 30.2 Å². The van der Waals surface area contributed by atoms with E-state index in [-0.39, 0.29) is 24.3 Å². The maximum Gasteiger partial charge on any atom is 0.245 e. The Morgan fingerprint density at radius 1 is 1.10 bits per heavy atom. The number of aryl methyl sites for hydroxylation is 1. The Bertz CT molecular complexity index is 889. The Hall–Kier alpha value is -2.90. The molecule has 8 heteroatoms. The summed E-state index contributed by atoms with van der Waals surface area (Å²) in [6.07, 6.45) is 5.42. The molecule has 0 N–H and O–H groups in total. The van der Waals surface area contributed by atoms with E-state index >= 15 is 0 Å². The van der Waals surface area contributed by atoms with Gasteiger partial charge in [-0.1, -0.05) is 5.16 Å². The topological polar surface area (TPSA) is 88.8 Å². The van der Waals surface area contributed by atoms with Crippen molar-refractivity contribution in [1.29, 1.82) is 0 Å². The second kappa shape index (κ2) is 9.94. The van der Waals surface area contributed by atoms with Gasteiger partial charge in [-0.3, -0.25) is 9.59 Å². The van der Waals surface area contributed by atoms with E-state index in [9.17, 15) is 9.59 Å². The molecular weight excluding hydrogens is 396 g/mol. The summed E-state index contributed by atoms with van der Waals surface area (Å²) in [7, 11) is 0. The molecule has 1 aromatic carbocycles. The molecule has 2 aromatic rings. The maximum atomic E-state index is 12.9. The van der Waals surface area contributed by atoms with E-state index in [1.165, 1.54) is 0 Å². The SMILES string of the molecule is CCOc1ccc(-c2noc(CCC(=O)N3CCCCC3C(=O)N3CCCC3)n2)cc1. The van der Waals surface area contributed by atoms with Crippen LogP contribution in [0.4, 0.5) is 0 Å². The first-order chi connectivity index (χ1) is 15.2. The van der Waals surface area contributed by atoms with Gasteiger partial charge in [0.2, 0.25) is 23.5 Å². The summed E-state index contributed by atoms with van der Waals surface area (Å²) in [5.74, 6) is 1.81. The number of likely N-dealkylation sites (tertiary alicyclic amines) is 2. The van der Waals surface area contributed by atoms with Crippen LogP contribution in [0.1, 0.15) is 51.3 Å². The highest BCUT2D eigenvalue weighted by atomic mass is 16.5. The zero-order valence-electron chi connectivity index (χ0n) is 18.1. The average Bonchev–Trinajstić information content (AvgIpc) is 3.50. The molecule has 0 aliphatic carbocycles. The predicted octanol–water partition coefficient (Wildman–Crippen LogP) is 3.07. The van der Waals surface area contributed by atoms with Gasteiger partial charge in [0.05, 0.1) is 6.61 Å². The first-order valence-corrected chi connectivity index (χ1v) is 11.3. The van der Waals surface area contributed by atoms with Crippen LogP contribution in [0.2, 0.25) is 0 Å². The second-order valence-corrected chi connectivity index (χ2v) is 8.10. The smallest absolute Gasteiger partial charge is 0.245 e. The van der Waals surface area contributed by atoms with Crippen LogP contribution in [-0.2, 0) is 16.0 Å². The third kappa shape index (κ3) is 5.06. The summed E-state index contributed by atoms with van der Waals surface area (Å²) in [6, 6.07) is 7.18. The molecule has 166 valence electrons. The lowest BCUT2D eigenvalue weighted by Crippen LogP contribution is -2.52. The number of amides is 2. The summed E-state index contributed by atoms with van der Waals surface area (Å²) in [5.41, 5.74) is 0.831. The van der Waals surface area contributed by atoms with Crippen molar-refractivity contribution in [3.8, 4) is 17.1 Å². The molecule has 1 atom stereocenters. The van der Waals surface area contributed by atoms with Crippen LogP contribution < -0.4 is 4.74 Å². The van der Waals surface area contributed by atoms with Crippen molar-refractivity contribution in [2.45, 2.75) is 57.9 Å². The van der Waals surface area contributed by atoms with Gasteiger partial charge in [-0.2, -0.15) is 4.98 Å². The van der Waals surface area contributed by atoms with Gasteiger partial charge in [-0.05, 0) is 63.3 Å². The van der Waals surface area contributed by atoms with Crippen molar-refractivity contribution in [1.82, 2.24) is 19.9 Å². The van der Waals surface area contributed by atoms with Crippen LogP contribution >= 0.6 is 0 Å². The maximum absolute atomic E-state index is 12.9. The van der Waals surface area contributed by atoms with Crippen LogP contribution in [-0.4, -0.2) is 64.0 Å². The van der Waals surface area contributed by atoms with Gasteiger partial charge in [0, 0.05) is 38.0 Å². The molecule has 2 aliphatic rings. The lowest BCUT2D eigenvalue weighted by molar-refractivity contribution is -0.147. The van der Waals surface area contributed by atoms with Gasteiger partial charge in [0.15, 0.2) is 0 Å². The Balaban J connectivity index is 1.35. The normalized spacial score (nSPS) is 18.9. The largest absolute Gasteiger partial charge is 0.494 e. The fraction of sp³-hybridized carbons (Fsp3) is 0.565. The summed E-state index contributed by atoms with van der Waals surface area (Å²) >= 11 is 0. The first-order valence-electron chi connectivity index (χ1n) is 11.3. The standard InChI is InChI=1S/C23H30N4O4/c1-2-30-18-10-8-17(9-11-18)22-24-20(31-25-22)12-13-21(28)27-16-4-3-7-19(27)23(29)26-14-5-6-15-26/h8-11,19H,2-7,12-16H2,1H3. The lowest BCUT2D eigenvalue weighted by atomic mass is 10.00. The molecule has 0 bridgehead atoms. The molecule has 0 radical (unpaired) electrons. The van der Waals surface area contributed by atoms with Crippen LogP contribution in [0.3, 0.4) is 0 Å². The minimum absolute atomic E-state index is 0.0157.